The number of alkyl halides is 3. The van der Waals surface area contributed by atoms with Crippen molar-refractivity contribution in [2.75, 3.05) is 41.1 Å². The van der Waals surface area contributed by atoms with Gasteiger partial charge in [-0.3, -0.25) is 4.79 Å². The molecular formula is C30H43F3N2O6. The van der Waals surface area contributed by atoms with Crippen LogP contribution in [-0.4, -0.2) is 70.4 Å². The molecule has 0 bridgehead atoms. The predicted molar refractivity (Wildman–Crippen MR) is 150 cm³/mol. The fraction of sp³-hybridized carbons (Fsp3) is 0.567. The van der Waals surface area contributed by atoms with Gasteiger partial charge in [-0.15, -0.1) is 0 Å². The maximum Gasteiger partial charge on any atom is 0.430 e. The topological polar surface area (TPSA) is 112 Å². The summed E-state index contributed by atoms with van der Waals surface area (Å²) < 4.78 is 63.6. The van der Waals surface area contributed by atoms with Crippen molar-refractivity contribution in [3.63, 3.8) is 0 Å². The molecule has 0 aliphatic heterocycles. The number of nitrogens with two attached hydrogens (primary N) is 1. The van der Waals surface area contributed by atoms with Crippen molar-refractivity contribution in [3.8, 4) is 11.5 Å². The highest BCUT2D eigenvalue weighted by Crippen LogP contribution is 2.42. The highest BCUT2D eigenvalue weighted by molar-refractivity contribution is 5.87. The zero-order valence-corrected chi connectivity index (χ0v) is 24.4. The third-order valence-corrected chi connectivity index (χ3v) is 7.17. The normalized spacial score (nSPS) is 15.6. The first-order valence-corrected chi connectivity index (χ1v) is 13.6. The van der Waals surface area contributed by atoms with E-state index in [4.69, 9.17) is 24.7 Å². The smallest absolute Gasteiger partial charge is 0.430 e. The molecule has 0 fully saturated rings. The summed E-state index contributed by atoms with van der Waals surface area (Å²) in [5, 5.41) is 12.9. The Kier molecular flexibility index (Phi) is 13.4. The molecule has 41 heavy (non-hydrogen) atoms. The van der Waals surface area contributed by atoms with E-state index in [2.05, 4.69) is 5.32 Å². The summed E-state index contributed by atoms with van der Waals surface area (Å²) in [5.41, 5.74) is 3.68. The molecule has 0 saturated heterocycles. The molecule has 0 saturated carbocycles. The Balaban J connectivity index is 2.09. The minimum Gasteiger partial charge on any atom is -0.493 e. The van der Waals surface area contributed by atoms with Crippen LogP contribution in [0.25, 0.3) is 0 Å². The Bertz CT molecular complexity index is 1070. The molecule has 11 heteroatoms. The van der Waals surface area contributed by atoms with Gasteiger partial charge in [0.25, 0.3) is 11.5 Å². The largest absolute Gasteiger partial charge is 0.493 e. The number of aliphatic hydroxyl groups is 1. The quantitative estimate of drug-likeness (QED) is 0.239. The Labute approximate surface area is 240 Å². The van der Waals surface area contributed by atoms with Gasteiger partial charge in [-0.25, -0.2) is 0 Å². The van der Waals surface area contributed by atoms with Crippen LogP contribution in [0.2, 0.25) is 0 Å². The van der Waals surface area contributed by atoms with E-state index >= 15 is 0 Å². The van der Waals surface area contributed by atoms with Crippen LogP contribution in [-0.2, 0) is 26.3 Å². The highest BCUT2D eigenvalue weighted by atomic mass is 19.4. The van der Waals surface area contributed by atoms with E-state index in [9.17, 15) is 23.1 Å². The Morgan fingerprint density at radius 1 is 1.02 bits per heavy atom. The minimum atomic E-state index is -5.05. The first-order chi connectivity index (χ1) is 19.4. The second kappa shape index (κ2) is 16.0. The first kappa shape index (κ1) is 34.3. The highest BCUT2D eigenvalue weighted by Gasteiger charge is 2.62. The lowest BCUT2D eigenvalue weighted by Crippen LogP contribution is -2.57. The van der Waals surface area contributed by atoms with Gasteiger partial charge in [-0.2, -0.15) is 13.2 Å². The Hall–Kier alpha value is -2.86. The van der Waals surface area contributed by atoms with E-state index in [-0.39, 0.29) is 17.4 Å². The molecule has 1 amide bonds. The van der Waals surface area contributed by atoms with E-state index in [1.54, 1.807) is 14.2 Å². The third kappa shape index (κ3) is 9.06. The van der Waals surface area contributed by atoms with Gasteiger partial charge < -0.3 is 35.1 Å². The average Bonchev–Trinajstić information content (AvgIpc) is 2.94. The van der Waals surface area contributed by atoms with E-state index in [1.807, 2.05) is 32.0 Å². The van der Waals surface area contributed by atoms with Crippen molar-refractivity contribution >= 4 is 5.91 Å². The van der Waals surface area contributed by atoms with Gasteiger partial charge in [0.1, 0.15) is 0 Å². The van der Waals surface area contributed by atoms with Crippen molar-refractivity contribution in [1.29, 1.82) is 0 Å². The molecular weight excluding hydrogens is 541 g/mol. The summed E-state index contributed by atoms with van der Waals surface area (Å²) in [5.74, 6) is 0.00159. The lowest BCUT2D eigenvalue weighted by Gasteiger charge is -2.34. The van der Waals surface area contributed by atoms with E-state index in [1.165, 1.54) is 30.3 Å². The molecule has 2 aromatic rings. The number of benzene rings is 2. The second-order valence-electron chi connectivity index (χ2n) is 10.3. The summed E-state index contributed by atoms with van der Waals surface area (Å²) in [6, 6.07) is 11.5. The number of aliphatic hydroxyl groups excluding tert-OH is 1. The summed E-state index contributed by atoms with van der Waals surface area (Å²) in [7, 11) is 4.02. The van der Waals surface area contributed by atoms with E-state index in [0.717, 1.165) is 19.1 Å². The molecule has 0 radical (unpaired) electrons. The van der Waals surface area contributed by atoms with Gasteiger partial charge in [0, 0.05) is 45.4 Å². The second-order valence-corrected chi connectivity index (χ2v) is 10.3. The minimum absolute atomic E-state index is 0.0302. The van der Waals surface area contributed by atoms with Crippen LogP contribution < -0.4 is 20.5 Å². The van der Waals surface area contributed by atoms with Gasteiger partial charge in [0.05, 0.1) is 19.8 Å². The fourth-order valence-corrected chi connectivity index (χ4v) is 4.64. The van der Waals surface area contributed by atoms with Crippen LogP contribution in [0, 0.1) is 11.8 Å². The number of carbonyl (C=O) groups is 1. The number of methoxy groups -OCH3 is 3. The molecule has 4 atom stereocenters. The number of amides is 1. The van der Waals surface area contributed by atoms with Crippen LogP contribution in [0.1, 0.15) is 37.8 Å². The van der Waals surface area contributed by atoms with Gasteiger partial charge in [0.2, 0.25) is 0 Å². The van der Waals surface area contributed by atoms with Crippen LogP contribution in [0.3, 0.4) is 0 Å². The Morgan fingerprint density at radius 2 is 1.71 bits per heavy atom. The molecule has 0 aliphatic carbocycles. The number of hydrogen-bond acceptors (Lipinski definition) is 7. The van der Waals surface area contributed by atoms with Crippen molar-refractivity contribution in [2.45, 2.75) is 57.0 Å². The molecule has 8 nitrogen and oxygen atoms in total. The van der Waals surface area contributed by atoms with Crippen molar-refractivity contribution in [2.24, 2.45) is 17.6 Å². The van der Waals surface area contributed by atoms with E-state index < -0.39 is 36.4 Å². The first-order valence-electron chi connectivity index (χ1n) is 13.6. The molecule has 4 N–H and O–H groups in total. The summed E-state index contributed by atoms with van der Waals surface area (Å²) >= 11 is 0. The summed E-state index contributed by atoms with van der Waals surface area (Å²) in [6.07, 6.45) is -4.61. The lowest BCUT2D eigenvalue weighted by atomic mass is 9.83. The van der Waals surface area contributed by atoms with Crippen LogP contribution in [0.15, 0.2) is 48.5 Å². The molecule has 3 unspecified atom stereocenters. The fourth-order valence-electron chi connectivity index (χ4n) is 4.64. The number of ether oxygens (including phenoxy) is 4. The maximum absolute atomic E-state index is 14.1. The maximum atomic E-state index is 14.1. The predicted octanol–water partition coefficient (Wildman–Crippen LogP) is 4.22. The molecule has 230 valence electrons. The summed E-state index contributed by atoms with van der Waals surface area (Å²) in [6.45, 7) is 4.64. The van der Waals surface area contributed by atoms with Crippen molar-refractivity contribution in [1.82, 2.24) is 5.32 Å². The van der Waals surface area contributed by atoms with Gasteiger partial charge in [0.15, 0.2) is 11.5 Å². The van der Waals surface area contributed by atoms with Crippen LogP contribution >= 0.6 is 0 Å². The van der Waals surface area contributed by atoms with E-state index in [0.29, 0.717) is 37.6 Å². The van der Waals surface area contributed by atoms with Gasteiger partial charge in [-0.05, 0) is 42.4 Å². The Morgan fingerprint density at radius 3 is 2.27 bits per heavy atom. The number of nitrogens with one attached hydrogen (secondary N) is 1. The molecule has 0 heterocycles. The van der Waals surface area contributed by atoms with Gasteiger partial charge in [-0.1, -0.05) is 50.2 Å². The number of rotatable bonds is 17. The number of hydrogen-bond donors (Lipinski definition) is 3. The molecule has 2 rings (SSSR count). The van der Waals surface area contributed by atoms with Crippen molar-refractivity contribution in [3.05, 3.63) is 59.7 Å². The van der Waals surface area contributed by atoms with Crippen molar-refractivity contribution < 1.29 is 42.0 Å². The average molecular weight is 585 g/mol. The monoisotopic (exact) mass is 584 g/mol. The van der Waals surface area contributed by atoms with Crippen LogP contribution in [0.5, 0.6) is 11.5 Å². The van der Waals surface area contributed by atoms with Crippen LogP contribution in [0.4, 0.5) is 13.2 Å². The zero-order chi connectivity index (χ0) is 30.6. The lowest BCUT2D eigenvalue weighted by molar-refractivity contribution is -0.265. The molecule has 2 aromatic carbocycles. The number of halogens is 3. The third-order valence-electron chi connectivity index (χ3n) is 7.17. The molecule has 0 aromatic heterocycles. The van der Waals surface area contributed by atoms with Gasteiger partial charge >= 0.3 is 6.18 Å². The molecule has 0 spiro atoms. The SMILES string of the molecule is COCCCOc1cc(CC(CC(N)C(O)CNC(=O)[C@](OC)(c2ccccc2)C(F)(F)F)C(C)C)ccc1OC. The standard InChI is InChI=1S/C30H43F3N2O6/c1-20(2)22(16-21-12-13-26(39-4)27(17-21)41-15-9-14-38-3)18-24(34)25(36)19-35-28(37)29(40-5,30(31,32)33)23-10-7-6-8-11-23/h6-8,10-13,17,20,22,24-25,36H,9,14-16,18-19,34H2,1-5H3,(H,35,37)/t22?,24?,25?,29-/m1/s1. The summed E-state index contributed by atoms with van der Waals surface area (Å²) in [4.78, 5) is 12.9. The number of carbonyl (C=O) groups excluding carboxylic acids is 1. The molecule has 0 aliphatic rings. The zero-order valence-electron chi connectivity index (χ0n) is 24.4.